The summed E-state index contributed by atoms with van der Waals surface area (Å²) < 4.78 is 6.81. The molecule has 0 spiro atoms. The highest BCUT2D eigenvalue weighted by atomic mass is 16.5. The molecule has 0 aliphatic carbocycles. The van der Waals surface area contributed by atoms with Crippen LogP contribution in [0.4, 0.5) is 0 Å². The molecule has 1 fully saturated rings. The number of benzene rings is 1. The van der Waals surface area contributed by atoms with Gasteiger partial charge in [-0.15, -0.1) is 0 Å². The van der Waals surface area contributed by atoms with Crippen molar-refractivity contribution >= 4 is 0 Å². The highest BCUT2D eigenvalue weighted by molar-refractivity contribution is 5.27. The van der Waals surface area contributed by atoms with E-state index in [0.717, 1.165) is 45.1 Å². The summed E-state index contributed by atoms with van der Waals surface area (Å²) in [5.41, 5.74) is 3.45. The molecule has 3 atom stereocenters. The predicted octanol–water partition coefficient (Wildman–Crippen LogP) is 9.09. The van der Waals surface area contributed by atoms with Crippen molar-refractivity contribution in [2.45, 2.75) is 125 Å². The van der Waals surface area contributed by atoms with Crippen molar-refractivity contribution in [2.75, 3.05) is 6.61 Å². The van der Waals surface area contributed by atoms with E-state index in [4.69, 9.17) is 4.74 Å². The molecule has 1 aromatic rings. The lowest BCUT2D eigenvalue weighted by atomic mass is 9.63. The summed E-state index contributed by atoms with van der Waals surface area (Å²) in [6.07, 6.45) is 8.71. The second-order valence-corrected chi connectivity index (χ2v) is 13.2. The van der Waals surface area contributed by atoms with Gasteiger partial charge in [-0.1, -0.05) is 93.0 Å². The molecule has 0 radical (unpaired) electrons. The molecule has 0 bridgehead atoms. The topological polar surface area (TPSA) is 33.0 Å². The van der Waals surface area contributed by atoms with Crippen LogP contribution in [-0.4, -0.2) is 12.2 Å². The molecule has 0 saturated carbocycles. The molecule has 2 heteroatoms. The van der Waals surface area contributed by atoms with Gasteiger partial charge in [0.25, 0.3) is 0 Å². The third-order valence-corrected chi connectivity index (χ3v) is 8.67. The summed E-state index contributed by atoms with van der Waals surface area (Å²) in [5.74, 6) is 0.626. The molecule has 1 aromatic carbocycles. The lowest BCUT2D eigenvalue weighted by molar-refractivity contribution is -0.160. The first kappa shape index (κ1) is 27.9. The molecule has 2 rings (SSSR count). The Morgan fingerprint density at radius 2 is 1.67 bits per heavy atom. The van der Waals surface area contributed by atoms with Crippen molar-refractivity contribution in [1.82, 2.24) is 0 Å². The van der Waals surface area contributed by atoms with Crippen molar-refractivity contribution in [3.8, 4) is 6.07 Å². The maximum Gasteiger partial charge on any atom is 0.0693 e. The summed E-state index contributed by atoms with van der Waals surface area (Å²) >= 11 is 0. The molecule has 0 amide bonds. The normalized spacial score (nSPS) is 23.0. The maximum atomic E-state index is 9.22. The van der Waals surface area contributed by atoms with E-state index in [1.807, 2.05) is 0 Å². The van der Waals surface area contributed by atoms with Crippen LogP contribution in [0, 0.1) is 33.5 Å². The van der Waals surface area contributed by atoms with Crippen molar-refractivity contribution in [3.63, 3.8) is 0 Å². The van der Waals surface area contributed by atoms with Crippen molar-refractivity contribution < 1.29 is 4.74 Å². The number of aryl methyl sites for hydroxylation is 1. The van der Waals surface area contributed by atoms with Crippen molar-refractivity contribution in [1.29, 1.82) is 5.26 Å². The van der Waals surface area contributed by atoms with Gasteiger partial charge in [-0.05, 0) is 78.2 Å². The molecule has 3 unspecified atom stereocenters. The molecular weight excluding hydrogens is 402 g/mol. The van der Waals surface area contributed by atoms with Crippen LogP contribution in [0.2, 0.25) is 0 Å². The third-order valence-electron chi connectivity index (χ3n) is 8.67. The smallest absolute Gasteiger partial charge is 0.0693 e. The fourth-order valence-corrected chi connectivity index (χ4v) is 5.51. The third kappa shape index (κ3) is 7.85. The molecule has 0 aromatic heterocycles. The van der Waals surface area contributed by atoms with Gasteiger partial charge in [0.15, 0.2) is 0 Å². The van der Waals surface area contributed by atoms with Crippen molar-refractivity contribution in [2.24, 2.45) is 22.2 Å². The Morgan fingerprint density at radius 3 is 2.15 bits per heavy atom. The van der Waals surface area contributed by atoms with Gasteiger partial charge in [0.1, 0.15) is 0 Å². The Morgan fingerprint density at radius 1 is 1.03 bits per heavy atom. The molecular formula is C31H51NO. The molecule has 2 nitrogen and oxygen atoms in total. The van der Waals surface area contributed by atoms with Gasteiger partial charge >= 0.3 is 0 Å². The Labute approximate surface area is 205 Å². The standard InChI is InChI=1S/C31H51NO/c1-10-25(20-32)12-13-26-14-16-27(17-15-26)24(3)30(8,9)22-31(21-28(4,5)11-2)19-18-29(6,7)23-33-31/h14-17,24-25H,10-13,18-19,21-23H2,1-9H3. The Kier molecular flexibility index (Phi) is 9.26. The molecule has 33 heavy (non-hydrogen) atoms. The van der Waals surface area contributed by atoms with E-state index < -0.39 is 0 Å². The Balaban J connectivity index is 2.16. The van der Waals surface area contributed by atoms with Gasteiger partial charge in [-0.3, -0.25) is 0 Å². The molecule has 1 saturated heterocycles. The van der Waals surface area contributed by atoms with E-state index in [2.05, 4.69) is 92.6 Å². The monoisotopic (exact) mass is 453 g/mol. The molecule has 186 valence electrons. The first-order valence-electron chi connectivity index (χ1n) is 13.4. The van der Waals surface area contributed by atoms with Crippen LogP contribution in [0.3, 0.4) is 0 Å². The van der Waals surface area contributed by atoms with Gasteiger partial charge in [-0.2, -0.15) is 5.26 Å². The maximum absolute atomic E-state index is 9.22. The van der Waals surface area contributed by atoms with Crippen LogP contribution in [-0.2, 0) is 11.2 Å². The summed E-state index contributed by atoms with van der Waals surface area (Å²) in [7, 11) is 0. The molecule has 1 aliphatic heterocycles. The van der Waals surface area contributed by atoms with E-state index >= 15 is 0 Å². The predicted molar refractivity (Wildman–Crippen MR) is 141 cm³/mol. The first-order chi connectivity index (χ1) is 15.3. The van der Waals surface area contributed by atoms with Gasteiger partial charge < -0.3 is 4.74 Å². The minimum absolute atomic E-state index is 0.0286. The number of nitrogens with zero attached hydrogens (tertiary/aromatic N) is 1. The minimum atomic E-state index is -0.0286. The van der Waals surface area contributed by atoms with Crippen LogP contribution in [0.25, 0.3) is 0 Å². The fourth-order valence-electron chi connectivity index (χ4n) is 5.51. The van der Waals surface area contributed by atoms with Gasteiger partial charge in [-0.25, -0.2) is 0 Å². The van der Waals surface area contributed by atoms with Crippen molar-refractivity contribution in [3.05, 3.63) is 35.4 Å². The molecule has 1 heterocycles. The number of hydrogen-bond donors (Lipinski definition) is 0. The van der Waals surface area contributed by atoms with Gasteiger partial charge in [0, 0.05) is 5.92 Å². The lowest BCUT2D eigenvalue weighted by Gasteiger charge is -2.51. The number of hydrogen-bond acceptors (Lipinski definition) is 2. The summed E-state index contributed by atoms with van der Waals surface area (Å²) in [5, 5.41) is 9.22. The second-order valence-electron chi connectivity index (χ2n) is 13.2. The van der Waals surface area contributed by atoms with E-state index in [-0.39, 0.29) is 22.3 Å². The Hall–Kier alpha value is -1.33. The SMILES string of the molecule is CCC(C#N)CCc1ccc(C(C)C(C)(C)CC2(CC(C)(C)CC)CCC(C)(C)CO2)cc1. The summed E-state index contributed by atoms with van der Waals surface area (Å²) in [6, 6.07) is 11.6. The van der Waals surface area contributed by atoms with Gasteiger partial charge in [0.2, 0.25) is 0 Å². The van der Waals surface area contributed by atoms with E-state index in [9.17, 15) is 5.26 Å². The van der Waals surface area contributed by atoms with Crippen LogP contribution in [0.15, 0.2) is 24.3 Å². The van der Waals surface area contributed by atoms with Crippen LogP contribution in [0.5, 0.6) is 0 Å². The number of rotatable bonds is 11. The van der Waals surface area contributed by atoms with Crippen LogP contribution >= 0.6 is 0 Å². The zero-order chi connectivity index (χ0) is 24.9. The average Bonchev–Trinajstić information content (AvgIpc) is 2.76. The van der Waals surface area contributed by atoms with E-state index in [1.54, 1.807) is 0 Å². The first-order valence-corrected chi connectivity index (χ1v) is 13.4. The van der Waals surface area contributed by atoms with Gasteiger partial charge in [0.05, 0.1) is 18.3 Å². The van der Waals surface area contributed by atoms with E-state index in [1.165, 1.54) is 24.0 Å². The van der Waals surface area contributed by atoms with E-state index in [0.29, 0.717) is 11.3 Å². The lowest BCUT2D eigenvalue weighted by Crippen LogP contribution is -2.48. The summed E-state index contributed by atoms with van der Waals surface area (Å²) in [6.45, 7) is 22.1. The molecule has 1 aliphatic rings. The quantitative estimate of drug-likeness (QED) is 0.334. The van der Waals surface area contributed by atoms with Crippen LogP contribution in [0.1, 0.15) is 124 Å². The molecule has 0 N–H and O–H groups in total. The highest BCUT2D eigenvalue weighted by Crippen LogP contribution is 2.51. The average molecular weight is 454 g/mol. The number of nitriles is 1. The highest BCUT2D eigenvalue weighted by Gasteiger charge is 2.46. The zero-order valence-electron chi connectivity index (χ0n) is 23.2. The van der Waals surface area contributed by atoms with Crippen LogP contribution < -0.4 is 0 Å². The minimum Gasteiger partial charge on any atom is -0.374 e. The zero-order valence-corrected chi connectivity index (χ0v) is 23.2. The fraction of sp³-hybridized carbons (Fsp3) is 0.774. The summed E-state index contributed by atoms with van der Waals surface area (Å²) in [4.78, 5) is 0. The Bertz CT molecular complexity index is 770. The largest absolute Gasteiger partial charge is 0.374 e. The number of ether oxygens (including phenoxy) is 1. The second kappa shape index (κ2) is 10.9.